The van der Waals surface area contributed by atoms with E-state index in [0.29, 0.717) is 25.2 Å². The lowest BCUT2D eigenvalue weighted by Crippen LogP contribution is -2.67. The van der Waals surface area contributed by atoms with Crippen LogP contribution in [0.25, 0.3) is 0 Å². The van der Waals surface area contributed by atoms with E-state index >= 15 is 4.39 Å². The van der Waals surface area contributed by atoms with Crippen LogP contribution in [0.4, 0.5) is 4.39 Å². The second-order valence-electron chi connectivity index (χ2n) is 9.92. The third-order valence-corrected chi connectivity index (χ3v) is 9.12. The smallest absolute Gasteiger partial charge is 0.135 e. The van der Waals surface area contributed by atoms with Gasteiger partial charge in [-0.2, -0.15) is 0 Å². The van der Waals surface area contributed by atoms with Crippen molar-refractivity contribution in [2.75, 3.05) is 0 Å². The number of halogens is 1. The Balaban J connectivity index is 1.71. The summed E-state index contributed by atoms with van der Waals surface area (Å²) in [5, 5.41) is 11.2. The maximum atomic E-state index is 15.3. The molecule has 0 spiro atoms. The van der Waals surface area contributed by atoms with Crippen molar-refractivity contribution in [3.63, 3.8) is 0 Å². The summed E-state index contributed by atoms with van der Waals surface area (Å²) in [6.45, 7) is 5.98. The number of carbonyl (C=O) groups excluding carboxylic acids is 2. The average molecular weight is 350 g/mol. The highest BCUT2D eigenvalue weighted by molar-refractivity contribution is 5.81. The van der Waals surface area contributed by atoms with Crippen LogP contribution < -0.4 is 0 Å². The lowest BCUT2D eigenvalue weighted by molar-refractivity contribution is -0.232. The molecule has 8 unspecified atom stereocenters. The minimum absolute atomic E-state index is 0.000710. The molecule has 0 aromatic rings. The average Bonchev–Trinajstić information content (AvgIpc) is 2.88. The minimum Gasteiger partial charge on any atom is -0.386 e. The van der Waals surface area contributed by atoms with Crippen LogP contribution in [0.3, 0.4) is 0 Å². The first-order chi connectivity index (χ1) is 11.6. The molecule has 0 aromatic carbocycles. The molecular formula is C21H31FO3. The van der Waals surface area contributed by atoms with E-state index in [1.165, 1.54) is 0 Å². The number of hydrogen-bond donors (Lipinski definition) is 1. The summed E-state index contributed by atoms with van der Waals surface area (Å²) in [4.78, 5) is 24.1. The molecule has 4 rings (SSSR count). The van der Waals surface area contributed by atoms with Gasteiger partial charge in [0.2, 0.25) is 0 Å². The number of alkyl halides is 1. The van der Waals surface area contributed by atoms with Crippen LogP contribution >= 0.6 is 0 Å². The summed E-state index contributed by atoms with van der Waals surface area (Å²) in [5.74, 6) is 1.26. The molecule has 8 atom stereocenters. The standard InChI is InChI=1S/C21H31FO3/c1-12(23)15-4-5-16-14-10-18(22)21(25)11-13(24)6-9-20(21,3)17(14)7-8-19(15,16)2/h14-18,25H,4-11H2,1-3H3. The first-order valence-electron chi connectivity index (χ1n) is 10.0. The van der Waals surface area contributed by atoms with Crippen molar-refractivity contribution in [2.24, 2.45) is 34.5 Å². The zero-order valence-electron chi connectivity index (χ0n) is 15.7. The molecular weight excluding hydrogens is 319 g/mol. The Bertz CT molecular complexity index is 618. The summed E-state index contributed by atoms with van der Waals surface area (Å²) in [7, 11) is 0. The molecule has 0 aliphatic heterocycles. The third-order valence-electron chi connectivity index (χ3n) is 9.12. The topological polar surface area (TPSA) is 54.4 Å². The molecule has 0 bridgehead atoms. The zero-order chi connectivity index (χ0) is 18.2. The van der Waals surface area contributed by atoms with Gasteiger partial charge in [0.25, 0.3) is 0 Å². The van der Waals surface area contributed by atoms with Gasteiger partial charge in [0.1, 0.15) is 23.3 Å². The molecule has 0 aromatic heterocycles. The van der Waals surface area contributed by atoms with E-state index in [2.05, 4.69) is 6.92 Å². The highest BCUT2D eigenvalue weighted by Crippen LogP contribution is 2.68. The molecule has 3 nitrogen and oxygen atoms in total. The number of carbonyl (C=O) groups is 2. The Kier molecular flexibility index (Phi) is 3.79. The molecule has 4 aliphatic rings. The van der Waals surface area contributed by atoms with Crippen molar-refractivity contribution < 1.29 is 19.1 Å². The summed E-state index contributed by atoms with van der Waals surface area (Å²) >= 11 is 0. The highest BCUT2D eigenvalue weighted by Gasteiger charge is 2.68. The minimum atomic E-state index is -1.49. The number of rotatable bonds is 1. The molecule has 4 fully saturated rings. The third kappa shape index (κ3) is 2.12. The monoisotopic (exact) mass is 350 g/mol. The molecule has 1 N–H and O–H groups in total. The molecule has 0 heterocycles. The van der Waals surface area contributed by atoms with E-state index in [9.17, 15) is 14.7 Å². The first kappa shape index (κ1) is 17.6. The summed E-state index contributed by atoms with van der Waals surface area (Å²) in [5.41, 5.74) is -2.02. The maximum Gasteiger partial charge on any atom is 0.135 e. The summed E-state index contributed by atoms with van der Waals surface area (Å²) < 4.78 is 15.3. The molecule has 0 saturated heterocycles. The highest BCUT2D eigenvalue weighted by atomic mass is 19.1. The molecule has 4 heteroatoms. The van der Waals surface area contributed by atoms with Crippen LogP contribution in [0.5, 0.6) is 0 Å². The Labute approximate surface area is 149 Å². The number of ketones is 2. The predicted molar refractivity (Wildman–Crippen MR) is 92.6 cm³/mol. The number of fused-ring (bicyclic) bond motifs is 5. The van der Waals surface area contributed by atoms with Crippen LogP contribution in [0.1, 0.15) is 72.1 Å². The second-order valence-corrected chi connectivity index (χ2v) is 9.92. The molecule has 0 radical (unpaired) electrons. The largest absolute Gasteiger partial charge is 0.386 e. The number of aliphatic hydroxyl groups is 1. The fourth-order valence-electron chi connectivity index (χ4n) is 7.69. The molecule has 25 heavy (non-hydrogen) atoms. The van der Waals surface area contributed by atoms with E-state index in [0.717, 1.165) is 25.7 Å². The van der Waals surface area contributed by atoms with Gasteiger partial charge in [0.15, 0.2) is 0 Å². The van der Waals surface area contributed by atoms with Crippen LogP contribution in [0, 0.1) is 34.5 Å². The summed E-state index contributed by atoms with van der Waals surface area (Å²) in [6.07, 6.45) is 3.93. The van der Waals surface area contributed by atoms with Crippen molar-refractivity contribution in [3.05, 3.63) is 0 Å². The van der Waals surface area contributed by atoms with E-state index < -0.39 is 17.2 Å². The van der Waals surface area contributed by atoms with Crippen molar-refractivity contribution in [2.45, 2.75) is 83.9 Å². The fraction of sp³-hybridized carbons (Fsp3) is 0.905. The van der Waals surface area contributed by atoms with Crippen molar-refractivity contribution in [1.29, 1.82) is 0 Å². The van der Waals surface area contributed by atoms with E-state index in [-0.39, 0.29) is 41.2 Å². The van der Waals surface area contributed by atoms with E-state index in [1.807, 2.05) is 6.92 Å². The van der Waals surface area contributed by atoms with Gasteiger partial charge >= 0.3 is 0 Å². The Morgan fingerprint density at radius 2 is 1.88 bits per heavy atom. The quantitative estimate of drug-likeness (QED) is 0.781. The van der Waals surface area contributed by atoms with Crippen LogP contribution in [-0.4, -0.2) is 28.4 Å². The fourth-order valence-corrected chi connectivity index (χ4v) is 7.69. The van der Waals surface area contributed by atoms with Crippen LogP contribution in [0.15, 0.2) is 0 Å². The van der Waals surface area contributed by atoms with Crippen LogP contribution in [0.2, 0.25) is 0 Å². The van der Waals surface area contributed by atoms with Gasteiger partial charge in [-0.1, -0.05) is 13.8 Å². The zero-order valence-corrected chi connectivity index (χ0v) is 15.7. The normalized spacial score (nSPS) is 55.2. The van der Waals surface area contributed by atoms with Crippen molar-refractivity contribution in [3.8, 4) is 0 Å². The van der Waals surface area contributed by atoms with Gasteiger partial charge in [-0.25, -0.2) is 4.39 Å². The van der Waals surface area contributed by atoms with Gasteiger partial charge in [0, 0.05) is 24.2 Å². The Hall–Kier alpha value is -0.770. The van der Waals surface area contributed by atoms with Gasteiger partial charge < -0.3 is 5.11 Å². The van der Waals surface area contributed by atoms with Gasteiger partial charge in [-0.05, 0) is 68.6 Å². The molecule has 0 amide bonds. The van der Waals surface area contributed by atoms with Gasteiger partial charge in [-0.15, -0.1) is 0 Å². The first-order valence-corrected chi connectivity index (χ1v) is 10.0. The lowest BCUT2D eigenvalue weighted by Gasteiger charge is -2.63. The van der Waals surface area contributed by atoms with E-state index in [1.54, 1.807) is 6.92 Å². The van der Waals surface area contributed by atoms with Crippen molar-refractivity contribution >= 4 is 11.6 Å². The molecule has 140 valence electrons. The predicted octanol–water partition coefficient (Wildman–Crippen LogP) is 3.87. The lowest BCUT2D eigenvalue weighted by atomic mass is 9.43. The number of Topliss-reactive ketones (excluding diaryl/α,β-unsaturated/α-hetero) is 2. The second kappa shape index (κ2) is 5.37. The van der Waals surface area contributed by atoms with Crippen molar-refractivity contribution in [1.82, 2.24) is 0 Å². The Morgan fingerprint density at radius 1 is 1.16 bits per heavy atom. The SMILES string of the molecule is CC(=O)C1CCC2C3CC(F)C4(O)CC(=O)CCC4(C)C3CCC12C. The summed E-state index contributed by atoms with van der Waals surface area (Å²) in [6, 6.07) is 0. The molecule has 4 aliphatic carbocycles. The number of hydrogen-bond acceptors (Lipinski definition) is 3. The molecule has 4 saturated carbocycles. The van der Waals surface area contributed by atoms with Gasteiger partial charge in [0.05, 0.1) is 0 Å². The van der Waals surface area contributed by atoms with E-state index in [4.69, 9.17) is 0 Å². The Morgan fingerprint density at radius 3 is 2.56 bits per heavy atom. The maximum absolute atomic E-state index is 15.3. The van der Waals surface area contributed by atoms with Crippen LogP contribution in [-0.2, 0) is 9.59 Å². The van der Waals surface area contributed by atoms with Gasteiger partial charge in [-0.3, -0.25) is 9.59 Å².